The van der Waals surface area contributed by atoms with E-state index in [2.05, 4.69) is 6.92 Å². The molecule has 0 saturated carbocycles. The van der Waals surface area contributed by atoms with Gasteiger partial charge in [0.1, 0.15) is 5.84 Å². The van der Waals surface area contributed by atoms with Crippen molar-refractivity contribution in [3.05, 3.63) is 35.4 Å². The number of benzene rings is 1. The Kier molecular flexibility index (Phi) is 7.06. The van der Waals surface area contributed by atoms with Crippen LogP contribution in [0, 0.1) is 5.41 Å². The van der Waals surface area contributed by atoms with Gasteiger partial charge in [-0.05, 0) is 12.0 Å². The minimum absolute atomic E-state index is 0.0772. The van der Waals surface area contributed by atoms with Gasteiger partial charge in [0.25, 0.3) is 0 Å². The standard InChI is InChI=1S/C14H22N2O2/c1-2-3-8-17-9-10-18-11-12-6-4-5-7-13(12)14(15)16/h4-7H,2-3,8-11H2,1H3,(H3,15,16). The molecule has 100 valence electrons. The fraction of sp³-hybridized carbons (Fsp3) is 0.500. The Labute approximate surface area is 109 Å². The van der Waals surface area contributed by atoms with E-state index >= 15 is 0 Å². The van der Waals surface area contributed by atoms with E-state index in [4.69, 9.17) is 20.6 Å². The fourth-order valence-electron chi connectivity index (χ4n) is 1.56. The van der Waals surface area contributed by atoms with Crippen LogP contribution in [-0.2, 0) is 16.1 Å². The topological polar surface area (TPSA) is 68.3 Å². The summed E-state index contributed by atoms with van der Waals surface area (Å²) in [4.78, 5) is 0. The SMILES string of the molecule is CCCCOCCOCc1ccccc1C(=N)N. The predicted octanol–water partition coefficient (Wildman–Crippen LogP) is 2.30. The molecule has 1 rings (SSSR count). The Hall–Kier alpha value is -1.39. The lowest BCUT2D eigenvalue weighted by Crippen LogP contribution is -2.14. The zero-order valence-corrected chi connectivity index (χ0v) is 10.9. The summed E-state index contributed by atoms with van der Waals surface area (Å²) < 4.78 is 10.9. The predicted molar refractivity (Wildman–Crippen MR) is 72.8 cm³/mol. The second-order valence-electron chi connectivity index (χ2n) is 4.09. The highest BCUT2D eigenvalue weighted by molar-refractivity contribution is 5.96. The number of hydrogen-bond acceptors (Lipinski definition) is 3. The average Bonchev–Trinajstić information content (AvgIpc) is 2.38. The van der Waals surface area contributed by atoms with Crippen molar-refractivity contribution in [2.75, 3.05) is 19.8 Å². The van der Waals surface area contributed by atoms with Crippen LogP contribution in [0.4, 0.5) is 0 Å². The zero-order chi connectivity index (χ0) is 13.2. The number of nitrogens with one attached hydrogen (secondary N) is 1. The van der Waals surface area contributed by atoms with Gasteiger partial charge in [0.15, 0.2) is 0 Å². The lowest BCUT2D eigenvalue weighted by molar-refractivity contribution is 0.0396. The number of amidine groups is 1. The summed E-state index contributed by atoms with van der Waals surface area (Å²) in [6, 6.07) is 7.55. The molecule has 1 aromatic carbocycles. The van der Waals surface area contributed by atoms with Gasteiger partial charge < -0.3 is 15.2 Å². The first kappa shape index (κ1) is 14.7. The van der Waals surface area contributed by atoms with E-state index in [9.17, 15) is 0 Å². The third kappa shape index (κ3) is 5.29. The maximum atomic E-state index is 7.47. The molecule has 4 nitrogen and oxygen atoms in total. The summed E-state index contributed by atoms with van der Waals surface area (Å²) in [6.45, 7) is 4.58. The van der Waals surface area contributed by atoms with E-state index < -0.39 is 0 Å². The van der Waals surface area contributed by atoms with Crippen molar-refractivity contribution in [2.45, 2.75) is 26.4 Å². The van der Waals surface area contributed by atoms with Crippen LogP contribution in [0.5, 0.6) is 0 Å². The van der Waals surface area contributed by atoms with E-state index in [-0.39, 0.29) is 5.84 Å². The van der Waals surface area contributed by atoms with Crippen LogP contribution in [-0.4, -0.2) is 25.7 Å². The lowest BCUT2D eigenvalue weighted by atomic mass is 10.1. The highest BCUT2D eigenvalue weighted by atomic mass is 16.5. The first-order chi connectivity index (χ1) is 8.75. The molecule has 0 heterocycles. The summed E-state index contributed by atoms with van der Waals surface area (Å²) in [5, 5.41) is 7.47. The van der Waals surface area contributed by atoms with Crippen LogP contribution < -0.4 is 5.73 Å². The second kappa shape index (κ2) is 8.66. The number of unbranched alkanes of at least 4 members (excludes halogenated alkanes) is 1. The van der Waals surface area contributed by atoms with Crippen molar-refractivity contribution in [2.24, 2.45) is 5.73 Å². The summed E-state index contributed by atoms with van der Waals surface area (Å²) in [5.74, 6) is 0.0772. The van der Waals surface area contributed by atoms with E-state index in [1.165, 1.54) is 0 Å². The molecule has 0 aliphatic carbocycles. The molecule has 4 heteroatoms. The quantitative estimate of drug-likeness (QED) is 0.401. The van der Waals surface area contributed by atoms with Crippen molar-refractivity contribution < 1.29 is 9.47 Å². The molecule has 0 bridgehead atoms. The van der Waals surface area contributed by atoms with E-state index in [1.807, 2.05) is 24.3 Å². The lowest BCUT2D eigenvalue weighted by Gasteiger charge is -2.09. The number of ether oxygens (including phenoxy) is 2. The van der Waals surface area contributed by atoms with E-state index in [0.717, 1.165) is 30.6 Å². The van der Waals surface area contributed by atoms with Crippen LogP contribution in [0.25, 0.3) is 0 Å². The van der Waals surface area contributed by atoms with Crippen molar-refractivity contribution in [3.8, 4) is 0 Å². The van der Waals surface area contributed by atoms with Gasteiger partial charge in [0, 0.05) is 12.2 Å². The van der Waals surface area contributed by atoms with Crippen LogP contribution in [0.1, 0.15) is 30.9 Å². The molecule has 18 heavy (non-hydrogen) atoms. The Bertz CT molecular complexity index is 367. The average molecular weight is 250 g/mol. The molecule has 0 atom stereocenters. The zero-order valence-electron chi connectivity index (χ0n) is 10.9. The fourth-order valence-corrected chi connectivity index (χ4v) is 1.56. The summed E-state index contributed by atoms with van der Waals surface area (Å²) in [6.07, 6.45) is 2.24. The van der Waals surface area contributed by atoms with Crippen LogP contribution in [0.2, 0.25) is 0 Å². The molecule has 0 aliphatic rings. The van der Waals surface area contributed by atoms with Gasteiger partial charge in [0.2, 0.25) is 0 Å². The molecule has 0 unspecified atom stereocenters. The molecule has 3 N–H and O–H groups in total. The van der Waals surface area contributed by atoms with Gasteiger partial charge in [-0.2, -0.15) is 0 Å². The van der Waals surface area contributed by atoms with Gasteiger partial charge in [-0.3, -0.25) is 5.41 Å². The smallest absolute Gasteiger partial charge is 0.123 e. The normalized spacial score (nSPS) is 10.5. The van der Waals surface area contributed by atoms with Crippen LogP contribution in [0.3, 0.4) is 0 Å². The maximum absolute atomic E-state index is 7.47. The Morgan fingerprint density at radius 1 is 1.17 bits per heavy atom. The van der Waals surface area contributed by atoms with Gasteiger partial charge in [-0.25, -0.2) is 0 Å². The monoisotopic (exact) mass is 250 g/mol. The Morgan fingerprint density at radius 3 is 2.61 bits per heavy atom. The first-order valence-electron chi connectivity index (χ1n) is 6.33. The first-order valence-corrected chi connectivity index (χ1v) is 6.33. The molecule has 0 spiro atoms. The van der Waals surface area contributed by atoms with Gasteiger partial charge >= 0.3 is 0 Å². The largest absolute Gasteiger partial charge is 0.384 e. The Morgan fingerprint density at radius 2 is 1.89 bits per heavy atom. The van der Waals surface area contributed by atoms with Gasteiger partial charge in [-0.1, -0.05) is 37.6 Å². The molecule has 0 saturated heterocycles. The minimum atomic E-state index is 0.0772. The third-order valence-electron chi connectivity index (χ3n) is 2.58. The molecule has 0 fully saturated rings. The summed E-state index contributed by atoms with van der Waals surface area (Å²) in [5.41, 5.74) is 7.19. The summed E-state index contributed by atoms with van der Waals surface area (Å²) >= 11 is 0. The molecule has 0 radical (unpaired) electrons. The van der Waals surface area contributed by atoms with Gasteiger partial charge in [-0.15, -0.1) is 0 Å². The van der Waals surface area contributed by atoms with E-state index in [0.29, 0.717) is 19.8 Å². The number of nitrogen functional groups attached to an aromatic ring is 1. The molecular weight excluding hydrogens is 228 g/mol. The van der Waals surface area contributed by atoms with Crippen LogP contribution >= 0.6 is 0 Å². The van der Waals surface area contributed by atoms with E-state index in [1.54, 1.807) is 0 Å². The van der Waals surface area contributed by atoms with Crippen molar-refractivity contribution in [1.82, 2.24) is 0 Å². The minimum Gasteiger partial charge on any atom is -0.384 e. The third-order valence-corrected chi connectivity index (χ3v) is 2.58. The van der Waals surface area contributed by atoms with Gasteiger partial charge in [0.05, 0.1) is 19.8 Å². The van der Waals surface area contributed by atoms with Crippen molar-refractivity contribution >= 4 is 5.84 Å². The molecule has 0 amide bonds. The number of rotatable bonds is 9. The highest BCUT2D eigenvalue weighted by Crippen LogP contribution is 2.09. The van der Waals surface area contributed by atoms with Crippen molar-refractivity contribution in [3.63, 3.8) is 0 Å². The second-order valence-corrected chi connectivity index (χ2v) is 4.09. The highest BCUT2D eigenvalue weighted by Gasteiger charge is 2.03. The maximum Gasteiger partial charge on any atom is 0.123 e. The molecular formula is C14H22N2O2. The molecule has 0 aromatic heterocycles. The summed E-state index contributed by atoms with van der Waals surface area (Å²) in [7, 11) is 0. The Balaban J connectivity index is 2.25. The number of nitrogens with two attached hydrogens (primary N) is 1. The number of hydrogen-bond donors (Lipinski definition) is 2. The van der Waals surface area contributed by atoms with Crippen molar-refractivity contribution in [1.29, 1.82) is 5.41 Å². The molecule has 0 aliphatic heterocycles. The van der Waals surface area contributed by atoms with Crippen LogP contribution in [0.15, 0.2) is 24.3 Å². The molecule has 1 aromatic rings.